The van der Waals surface area contributed by atoms with E-state index in [4.69, 9.17) is 0 Å². The third kappa shape index (κ3) is 4.33. The summed E-state index contributed by atoms with van der Waals surface area (Å²) in [4.78, 5) is 12.5. The molecule has 6 nitrogen and oxygen atoms in total. The van der Waals surface area contributed by atoms with Gasteiger partial charge in [-0.15, -0.1) is 0 Å². The van der Waals surface area contributed by atoms with Crippen LogP contribution in [0.3, 0.4) is 0 Å². The van der Waals surface area contributed by atoms with Gasteiger partial charge in [-0.05, 0) is 62.8 Å². The van der Waals surface area contributed by atoms with Crippen LogP contribution in [0.25, 0.3) is 0 Å². The Labute approximate surface area is 149 Å². The number of hydrogen-bond donors (Lipinski definition) is 3. The van der Waals surface area contributed by atoms with E-state index in [0.29, 0.717) is 23.3 Å². The highest BCUT2D eigenvalue weighted by molar-refractivity contribution is 7.92. The summed E-state index contributed by atoms with van der Waals surface area (Å²) >= 11 is 0. The monoisotopic (exact) mass is 365 g/mol. The summed E-state index contributed by atoms with van der Waals surface area (Å²) in [6, 6.07) is 5.58. The van der Waals surface area contributed by atoms with Gasteiger partial charge in [-0.3, -0.25) is 9.52 Å². The fourth-order valence-electron chi connectivity index (χ4n) is 3.85. The first-order valence-corrected chi connectivity index (χ1v) is 10.7. The molecule has 3 unspecified atom stereocenters. The molecule has 1 amide bonds. The number of carbonyl (C=O) groups excluding carboxylic acids is 1. The van der Waals surface area contributed by atoms with Crippen molar-refractivity contribution in [2.45, 2.75) is 58.0 Å². The molecular weight excluding hydrogens is 338 g/mol. The molecule has 2 aliphatic rings. The van der Waals surface area contributed by atoms with E-state index in [0.717, 1.165) is 12.0 Å². The number of carbonyl (C=O) groups is 1. The predicted octanol–water partition coefficient (Wildman–Crippen LogP) is 2.62. The van der Waals surface area contributed by atoms with Gasteiger partial charge < -0.3 is 10.6 Å². The Balaban J connectivity index is 1.63. The molecule has 0 spiro atoms. The number of fused-ring (bicyclic) bond motifs is 1. The lowest BCUT2D eigenvalue weighted by Crippen LogP contribution is -2.39. The fourth-order valence-corrected chi connectivity index (χ4v) is 4.55. The summed E-state index contributed by atoms with van der Waals surface area (Å²) < 4.78 is 25.9. The van der Waals surface area contributed by atoms with Crippen LogP contribution < -0.4 is 15.4 Å². The van der Waals surface area contributed by atoms with Gasteiger partial charge in [0.25, 0.3) is 0 Å². The van der Waals surface area contributed by atoms with Crippen molar-refractivity contribution < 1.29 is 13.2 Å². The maximum absolute atomic E-state index is 12.5. The van der Waals surface area contributed by atoms with Gasteiger partial charge in [-0.2, -0.15) is 0 Å². The number of nitrogens with one attached hydrogen (secondary N) is 3. The first-order valence-electron chi connectivity index (χ1n) is 9.06. The smallest absolute Gasteiger partial charge is 0.241 e. The van der Waals surface area contributed by atoms with Gasteiger partial charge in [0.05, 0.1) is 17.5 Å². The normalized spacial score (nSPS) is 26.1. The molecule has 3 N–H and O–H groups in total. The average Bonchev–Trinajstić information content (AvgIpc) is 3.01. The molecule has 7 heteroatoms. The Morgan fingerprint density at radius 2 is 2.04 bits per heavy atom. The summed E-state index contributed by atoms with van der Waals surface area (Å²) in [7, 11) is -3.30. The first-order chi connectivity index (χ1) is 11.9. The van der Waals surface area contributed by atoms with Crippen LogP contribution in [0.1, 0.15) is 44.6 Å². The summed E-state index contributed by atoms with van der Waals surface area (Å²) in [6.45, 7) is 3.42. The predicted molar refractivity (Wildman–Crippen MR) is 100 cm³/mol. The molecule has 1 aliphatic heterocycles. The number of benzene rings is 1. The summed E-state index contributed by atoms with van der Waals surface area (Å²) in [5, 5.41) is 6.43. The van der Waals surface area contributed by atoms with Crippen molar-refractivity contribution in [1.29, 1.82) is 0 Å². The number of aryl methyl sites for hydroxylation is 1. The Kier molecular flexibility index (Phi) is 5.34. The van der Waals surface area contributed by atoms with Gasteiger partial charge in [0, 0.05) is 11.7 Å². The van der Waals surface area contributed by atoms with Crippen LogP contribution in [0.15, 0.2) is 18.2 Å². The van der Waals surface area contributed by atoms with E-state index in [1.165, 1.54) is 25.7 Å². The van der Waals surface area contributed by atoms with Crippen molar-refractivity contribution in [1.82, 2.24) is 5.32 Å². The lowest BCUT2D eigenvalue weighted by Gasteiger charge is -2.24. The van der Waals surface area contributed by atoms with E-state index in [-0.39, 0.29) is 17.7 Å². The van der Waals surface area contributed by atoms with Gasteiger partial charge in [-0.25, -0.2) is 8.42 Å². The summed E-state index contributed by atoms with van der Waals surface area (Å²) in [5.41, 5.74) is 2.02. The third-order valence-corrected chi connectivity index (χ3v) is 6.61. The Hall–Kier alpha value is -1.60. The van der Waals surface area contributed by atoms with Crippen molar-refractivity contribution in [3.63, 3.8) is 0 Å². The molecule has 25 heavy (non-hydrogen) atoms. The van der Waals surface area contributed by atoms with E-state index in [1.807, 2.05) is 6.92 Å². The zero-order valence-electron chi connectivity index (χ0n) is 14.8. The molecule has 0 radical (unpaired) electrons. The van der Waals surface area contributed by atoms with E-state index >= 15 is 0 Å². The van der Waals surface area contributed by atoms with Gasteiger partial charge in [-0.1, -0.05) is 12.8 Å². The Morgan fingerprint density at radius 1 is 1.28 bits per heavy atom. The van der Waals surface area contributed by atoms with Crippen molar-refractivity contribution in [3.05, 3.63) is 23.8 Å². The molecule has 0 aromatic heterocycles. The lowest BCUT2D eigenvalue weighted by molar-refractivity contribution is -0.117. The second-order valence-electron chi connectivity index (χ2n) is 7.13. The SMILES string of the molecule is CCS(=O)(=O)Nc1ccc(NC(=O)C2CC3CCCCC3N2)cc1C. The van der Waals surface area contributed by atoms with Crippen molar-refractivity contribution in [2.75, 3.05) is 15.8 Å². The van der Waals surface area contributed by atoms with Gasteiger partial charge >= 0.3 is 0 Å². The van der Waals surface area contributed by atoms with Crippen molar-refractivity contribution in [2.24, 2.45) is 5.92 Å². The van der Waals surface area contributed by atoms with E-state index in [9.17, 15) is 13.2 Å². The minimum absolute atomic E-state index is 0.00399. The van der Waals surface area contributed by atoms with Crippen LogP contribution in [-0.4, -0.2) is 32.2 Å². The summed E-state index contributed by atoms with van der Waals surface area (Å²) in [5.74, 6) is 0.647. The van der Waals surface area contributed by atoms with Crippen LogP contribution in [0.2, 0.25) is 0 Å². The highest BCUT2D eigenvalue weighted by Gasteiger charge is 2.38. The van der Waals surface area contributed by atoms with Crippen LogP contribution in [0, 0.1) is 12.8 Å². The van der Waals surface area contributed by atoms with Gasteiger partial charge in [0.1, 0.15) is 0 Å². The zero-order chi connectivity index (χ0) is 18.0. The molecular formula is C18H27N3O3S. The van der Waals surface area contributed by atoms with E-state index < -0.39 is 10.0 Å². The van der Waals surface area contributed by atoms with Crippen LogP contribution in [0.5, 0.6) is 0 Å². The molecule has 0 bridgehead atoms. The number of rotatable bonds is 5. The quantitative estimate of drug-likeness (QED) is 0.748. The van der Waals surface area contributed by atoms with Gasteiger partial charge in [0.2, 0.25) is 15.9 Å². The molecule has 1 aromatic carbocycles. The molecule has 1 heterocycles. The fraction of sp³-hybridized carbons (Fsp3) is 0.611. The van der Waals surface area contributed by atoms with Crippen molar-refractivity contribution in [3.8, 4) is 0 Å². The standard InChI is InChI=1S/C18H27N3O3S/c1-3-25(23,24)21-15-9-8-14(10-12(15)2)19-18(22)17-11-13-6-4-5-7-16(13)20-17/h8-10,13,16-17,20-21H,3-7,11H2,1-2H3,(H,19,22). The highest BCUT2D eigenvalue weighted by Crippen LogP contribution is 2.33. The van der Waals surface area contributed by atoms with Crippen LogP contribution >= 0.6 is 0 Å². The van der Waals surface area contributed by atoms with Gasteiger partial charge in [0.15, 0.2) is 0 Å². The second-order valence-corrected chi connectivity index (χ2v) is 9.14. The highest BCUT2D eigenvalue weighted by atomic mass is 32.2. The topological polar surface area (TPSA) is 87.3 Å². The van der Waals surface area contributed by atoms with E-state index in [2.05, 4.69) is 15.4 Å². The second kappa shape index (κ2) is 7.33. The van der Waals surface area contributed by atoms with Crippen LogP contribution in [0.4, 0.5) is 11.4 Å². The molecule has 2 fully saturated rings. The number of amides is 1. The number of hydrogen-bond acceptors (Lipinski definition) is 4. The molecule has 1 saturated heterocycles. The molecule has 3 rings (SSSR count). The zero-order valence-corrected chi connectivity index (χ0v) is 15.7. The molecule has 1 aromatic rings. The molecule has 138 valence electrons. The maximum Gasteiger partial charge on any atom is 0.241 e. The van der Waals surface area contributed by atoms with E-state index in [1.54, 1.807) is 25.1 Å². The third-order valence-electron chi connectivity index (χ3n) is 5.32. The van der Waals surface area contributed by atoms with Crippen LogP contribution in [-0.2, 0) is 14.8 Å². The largest absolute Gasteiger partial charge is 0.325 e. The summed E-state index contributed by atoms with van der Waals surface area (Å²) in [6.07, 6.45) is 5.80. The molecule has 1 saturated carbocycles. The Morgan fingerprint density at radius 3 is 2.72 bits per heavy atom. The first kappa shape index (κ1) is 18.2. The minimum atomic E-state index is -3.30. The number of sulfonamides is 1. The molecule has 3 atom stereocenters. The Bertz CT molecular complexity index is 734. The lowest BCUT2D eigenvalue weighted by atomic mass is 9.85. The number of anilines is 2. The average molecular weight is 365 g/mol. The minimum Gasteiger partial charge on any atom is -0.325 e. The van der Waals surface area contributed by atoms with Crippen molar-refractivity contribution >= 4 is 27.3 Å². The molecule has 1 aliphatic carbocycles. The maximum atomic E-state index is 12.5.